The summed E-state index contributed by atoms with van der Waals surface area (Å²) < 4.78 is 44.9. The maximum Gasteiger partial charge on any atom is 0.420 e. The Balaban J connectivity index is 2.41. The van der Waals surface area contributed by atoms with Gasteiger partial charge in [0.15, 0.2) is 11.2 Å². The Labute approximate surface area is 115 Å². The van der Waals surface area contributed by atoms with E-state index in [1.54, 1.807) is 0 Å². The molecule has 6 heteroatoms. The molecule has 0 saturated heterocycles. The second kappa shape index (κ2) is 4.48. The van der Waals surface area contributed by atoms with Crippen molar-refractivity contribution in [2.45, 2.75) is 56.9 Å². The Morgan fingerprint density at radius 2 is 2.00 bits per heavy atom. The van der Waals surface area contributed by atoms with Crippen LogP contribution in [0.25, 0.3) is 0 Å². The SMILES string of the molecule is C=C(C)C(=O)OC1(C(C)(O)C(F)(F)F)CC2CCC1C2. The normalized spacial score (nSPS) is 35.7. The van der Waals surface area contributed by atoms with Gasteiger partial charge in [-0.25, -0.2) is 4.79 Å². The van der Waals surface area contributed by atoms with E-state index in [0.29, 0.717) is 19.8 Å². The van der Waals surface area contributed by atoms with E-state index >= 15 is 0 Å². The molecular formula is C14H19F3O3. The first-order valence-corrected chi connectivity index (χ1v) is 6.69. The maximum atomic E-state index is 13.2. The number of halogens is 3. The molecule has 0 aromatic heterocycles. The van der Waals surface area contributed by atoms with Crippen LogP contribution >= 0.6 is 0 Å². The molecule has 114 valence electrons. The summed E-state index contributed by atoms with van der Waals surface area (Å²) >= 11 is 0. The van der Waals surface area contributed by atoms with Crippen LogP contribution in [0.1, 0.15) is 39.5 Å². The molecule has 0 heterocycles. The molecule has 20 heavy (non-hydrogen) atoms. The van der Waals surface area contributed by atoms with E-state index in [1.807, 2.05) is 0 Å². The fourth-order valence-electron chi connectivity index (χ4n) is 3.59. The van der Waals surface area contributed by atoms with Crippen LogP contribution in [0.15, 0.2) is 12.2 Å². The minimum absolute atomic E-state index is 0.0325. The average Bonchev–Trinajstić information content (AvgIpc) is 2.87. The number of carbonyl (C=O) groups excluding carboxylic acids is 1. The molecule has 2 bridgehead atoms. The Morgan fingerprint density at radius 1 is 1.40 bits per heavy atom. The predicted molar refractivity (Wildman–Crippen MR) is 65.8 cm³/mol. The molecule has 3 nitrogen and oxygen atoms in total. The summed E-state index contributed by atoms with van der Waals surface area (Å²) in [5.74, 6) is -1.25. The lowest BCUT2D eigenvalue weighted by Gasteiger charge is -2.47. The third-order valence-corrected chi connectivity index (χ3v) is 4.79. The summed E-state index contributed by atoms with van der Waals surface area (Å²) in [6.45, 7) is 5.49. The average molecular weight is 292 g/mol. The van der Waals surface area contributed by atoms with Crippen molar-refractivity contribution in [3.63, 3.8) is 0 Å². The molecule has 1 N–H and O–H groups in total. The fourth-order valence-corrected chi connectivity index (χ4v) is 3.59. The number of fused-ring (bicyclic) bond motifs is 2. The van der Waals surface area contributed by atoms with E-state index in [0.717, 1.165) is 6.42 Å². The van der Waals surface area contributed by atoms with Crippen molar-refractivity contribution in [3.8, 4) is 0 Å². The Morgan fingerprint density at radius 3 is 2.35 bits per heavy atom. The van der Waals surface area contributed by atoms with Gasteiger partial charge in [0.1, 0.15) is 0 Å². The van der Waals surface area contributed by atoms with Crippen molar-refractivity contribution < 1.29 is 27.8 Å². The topological polar surface area (TPSA) is 46.5 Å². The second-order valence-electron chi connectivity index (χ2n) is 6.21. The van der Waals surface area contributed by atoms with Crippen molar-refractivity contribution in [1.82, 2.24) is 0 Å². The third kappa shape index (κ3) is 2.05. The molecule has 4 atom stereocenters. The molecule has 2 saturated carbocycles. The number of esters is 1. The van der Waals surface area contributed by atoms with Gasteiger partial charge in [-0.2, -0.15) is 13.2 Å². The molecule has 2 fully saturated rings. The van der Waals surface area contributed by atoms with Crippen molar-refractivity contribution in [3.05, 3.63) is 12.2 Å². The second-order valence-corrected chi connectivity index (χ2v) is 6.21. The van der Waals surface area contributed by atoms with Gasteiger partial charge in [-0.05, 0) is 45.4 Å². The molecule has 2 aliphatic rings. The van der Waals surface area contributed by atoms with Crippen LogP contribution in [0.4, 0.5) is 13.2 Å². The summed E-state index contributed by atoms with van der Waals surface area (Å²) in [5, 5.41) is 10.1. The van der Waals surface area contributed by atoms with Gasteiger partial charge >= 0.3 is 12.1 Å². The summed E-state index contributed by atoms with van der Waals surface area (Å²) in [6, 6.07) is 0. The number of hydrogen-bond acceptors (Lipinski definition) is 3. The maximum absolute atomic E-state index is 13.2. The molecule has 0 amide bonds. The summed E-state index contributed by atoms with van der Waals surface area (Å²) in [7, 11) is 0. The highest BCUT2D eigenvalue weighted by molar-refractivity contribution is 5.87. The van der Waals surface area contributed by atoms with Gasteiger partial charge in [0, 0.05) is 11.5 Å². The van der Waals surface area contributed by atoms with Crippen LogP contribution in [0, 0.1) is 11.8 Å². The Kier molecular flexibility index (Phi) is 3.44. The molecule has 0 aliphatic heterocycles. The molecule has 2 aliphatic carbocycles. The zero-order valence-corrected chi connectivity index (χ0v) is 11.6. The first kappa shape index (κ1) is 15.4. The summed E-state index contributed by atoms with van der Waals surface area (Å²) in [6.07, 6.45) is -2.86. The molecule has 0 aromatic rings. The third-order valence-electron chi connectivity index (χ3n) is 4.79. The van der Waals surface area contributed by atoms with Gasteiger partial charge in [-0.3, -0.25) is 0 Å². The minimum Gasteiger partial charge on any atom is -0.452 e. The Hall–Kier alpha value is -1.04. The molecule has 0 spiro atoms. The highest BCUT2D eigenvalue weighted by Gasteiger charge is 2.71. The van der Waals surface area contributed by atoms with E-state index in [2.05, 4.69) is 6.58 Å². The predicted octanol–water partition coefficient (Wildman–Crippen LogP) is 2.98. The van der Waals surface area contributed by atoms with Gasteiger partial charge < -0.3 is 9.84 Å². The monoisotopic (exact) mass is 292 g/mol. The van der Waals surface area contributed by atoms with E-state index < -0.39 is 29.3 Å². The van der Waals surface area contributed by atoms with E-state index in [-0.39, 0.29) is 17.9 Å². The van der Waals surface area contributed by atoms with Crippen LogP contribution in [-0.4, -0.2) is 28.5 Å². The van der Waals surface area contributed by atoms with E-state index in [9.17, 15) is 23.1 Å². The van der Waals surface area contributed by atoms with Gasteiger partial charge in [-0.1, -0.05) is 6.58 Å². The zero-order valence-electron chi connectivity index (χ0n) is 11.6. The minimum atomic E-state index is -4.85. The van der Waals surface area contributed by atoms with Crippen LogP contribution < -0.4 is 0 Å². The van der Waals surface area contributed by atoms with Gasteiger partial charge in [-0.15, -0.1) is 0 Å². The first-order valence-electron chi connectivity index (χ1n) is 6.69. The molecule has 4 unspecified atom stereocenters. The molecule has 0 radical (unpaired) electrons. The summed E-state index contributed by atoms with van der Waals surface area (Å²) in [5.41, 5.74) is -4.90. The first-order chi connectivity index (χ1) is 9.01. The van der Waals surface area contributed by atoms with Crippen LogP contribution in [0.2, 0.25) is 0 Å². The smallest absolute Gasteiger partial charge is 0.420 e. The molecule has 0 aromatic carbocycles. The van der Waals surface area contributed by atoms with Crippen LogP contribution in [0.3, 0.4) is 0 Å². The summed E-state index contributed by atoms with van der Waals surface area (Å²) in [4.78, 5) is 11.8. The number of ether oxygens (including phenoxy) is 1. The van der Waals surface area contributed by atoms with E-state index in [1.165, 1.54) is 6.92 Å². The number of aliphatic hydroxyl groups is 1. The van der Waals surface area contributed by atoms with Crippen molar-refractivity contribution in [1.29, 1.82) is 0 Å². The highest BCUT2D eigenvalue weighted by atomic mass is 19.4. The lowest BCUT2D eigenvalue weighted by Crippen LogP contribution is -2.65. The number of rotatable bonds is 3. The van der Waals surface area contributed by atoms with Crippen molar-refractivity contribution >= 4 is 5.97 Å². The van der Waals surface area contributed by atoms with Gasteiger partial charge in [0.25, 0.3) is 0 Å². The fraction of sp³-hybridized carbons (Fsp3) is 0.786. The quantitative estimate of drug-likeness (QED) is 0.642. The molecule has 2 rings (SSSR count). The van der Waals surface area contributed by atoms with Gasteiger partial charge in [0.05, 0.1) is 0 Å². The molecular weight excluding hydrogens is 273 g/mol. The largest absolute Gasteiger partial charge is 0.452 e. The lowest BCUT2D eigenvalue weighted by molar-refractivity contribution is -0.322. The Bertz CT molecular complexity index is 441. The highest BCUT2D eigenvalue weighted by Crippen LogP contribution is 2.59. The standard InChI is InChI=1S/C14H19F3O3/c1-8(2)11(18)20-13(12(3,19)14(15,16)17)7-9-4-5-10(13)6-9/h9-10,19H,1,4-7H2,2-3H3. The van der Waals surface area contributed by atoms with Crippen LogP contribution in [0.5, 0.6) is 0 Å². The van der Waals surface area contributed by atoms with Gasteiger partial charge in [0.2, 0.25) is 0 Å². The lowest BCUT2D eigenvalue weighted by atomic mass is 9.72. The van der Waals surface area contributed by atoms with E-state index in [4.69, 9.17) is 4.74 Å². The number of alkyl halides is 3. The zero-order chi connectivity index (χ0) is 15.3. The number of carbonyl (C=O) groups is 1. The van der Waals surface area contributed by atoms with Crippen molar-refractivity contribution in [2.75, 3.05) is 0 Å². The van der Waals surface area contributed by atoms with Crippen molar-refractivity contribution in [2.24, 2.45) is 11.8 Å². The number of hydrogen-bond donors (Lipinski definition) is 1. The van der Waals surface area contributed by atoms with Crippen LogP contribution in [-0.2, 0) is 9.53 Å².